The highest BCUT2D eigenvalue weighted by molar-refractivity contribution is 5.77. The Bertz CT molecular complexity index is 259. The first-order valence-electron chi connectivity index (χ1n) is 5.10. The summed E-state index contributed by atoms with van der Waals surface area (Å²) in [7, 11) is 0. The Morgan fingerprint density at radius 1 is 1.23 bits per heavy atom. The minimum Gasteiger partial charge on any atom is -0.261 e. The van der Waals surface area contributed by atoms with Gasteiger partial charge in [0.1, 0.15) is 0 Å². The summed E-state index contributed by atoms with van der Waals surface area (Å²) >= 11 is 0. The molecule has 0 spiro atoms. The molecule has 2 fully saturated rings. The minimum absolute atomic E-state index is 0.137. The van der Waals surface area contributed by atoms with Crippen molar-refractivity contribution in [2.75, 3.05) is 0 Å². The van der Waals surface area contributed by atoms with Gasteiger partial charge in [0.15, 0.2) is 0 Å². The molecule has 3 unspecified atom stereocenters. The van der Waals surface area contributed by atoms with Gasteiger partial charge in [-0.2, -0.15) is 4.39 Å². The molecule has 2 rings (SSSR count). The van der Waals surface area contributed by atoms with E-state index in [1.165, 1.54) is 6.42 Å². The van der Waals surface area contributed by atoms with Crippen molar-refractivity contribution in [3.05, 3.63) is 0 Å². The molecule has 0 aromatic heterocycles. The Morgan fingerprint density at radius 2 is 1.77 bits per heavy atom. The van der Waals surface area contributed by atoms with Gasteiger partial charge in [-0.25, -0.2) is 0 Å². The summed E-state index contributed by atoms with van der Waals surface area (Å²) in [5.41, 5.74) is -0.836. The van der Waals surface area contributed by atoms with Crippen LogP contribution in [-0.4, -0.2) is 6.04 Å². The van der Waals surface area contributed by atoms with Gasteiger partial charge in [0.2, 0.25) is 0 Å². The van der Waals surface area contributed by atoms with Gasteiger partial charge in [-0.15, -0.1) is 0 Å². The third-order valence-electron chi connectivity index (χ3n) is 5.02. The van der Waals surface area contributed by atoms with Crippen LogP contribution in [0.2, 0.25) is 0 Å². The zero-order chi connectivity index (χ0) is 9.85. The van der Waals surface area contributed by atoms with Crippen LogP contribution < -0.4 is 0 Å². The SMILES string of the molecule is CC1(C)C2CCC(C2)C1(C)C(=O)F. The lowest BCUT2D eigenvalue weighted by atomic mass is 9.59. The molecule has 0 aromatic rings. The smallest absolute Gasteiger partial charge is 0.261 e. The number of hydrogen-bond acceptors (Lipinski definition) is 1. The molecule has 2 saturated carbocycles. The molecule has 3 atom stereocenters. The van der Waals surface area contributed by atoms with Crippen LogP contribution in [0.1, 0.15) is 40.0 Å². The van der Waals surface area contributed by atoms with Crippen molar-refractivity contribution < 1.29 is 9.18 Å². The van der Waals surface area contributed by atoms with Crippen LogP contribution in [0.3, 0.4) is 0 Å². The molecule has 2 heteroatoms. The fourth-order valence-electron chi connectivity index (χ4n) is 3.53. The summed E-state index contributed by atoms with van der Waals surface area (Å²) in [4.78, 5) is 11.1. The Balaban J connectivity index is 2.43. The van der Waals surface area contributed by atoms with Crippen LogP contribution in [-0.2, 0) is 4.79 Å². The molecule has 0 aliphatic heterocycles. The van der Waals surface area contributed by atoms with Gasteiger partial charge in [0.25, 0.3) is 0 Å². The second-order valence-electron chi connectivity index (χ2n) is 5.40. The highest BCUT2D eigenvalue weighted by Gasteiger charge is 2.64. The monoisotopic (exact) mass is 184 g/mol. The number of hydrogen-bond donors (Lipinski definition) is 0. The van der Waals surface area contributed by atoms with Crippen LogP contribution in [0, 0.1) is 22.7 Å². The van der Waals surface area contributed by atoms with E-state index in [9.17, 15) is 9.18 Å². The first-order valence-corrected chi connectivity index (χ1v) is 5.10. The van der Waals surface area contributed by atoms with Crippen LogP contribution >= 0.6 is 0 Å². The lowest BCUT2D eigenvalue weighted by Gasteiger charge is -2.44. The molecule has 2 aliphatic rings. The van der Waals surface area contributed by atoms with Crippen molar-refractivity contribution >= 4 is 6.04 Å². The second-order valence-corrected chi connectivity index (χ2v) is 5.40. The fraction of sp³-hybridized carbons (Fsp3) is 0.909. The molecule has 0 N–H and O–H groups in total. The van der Waals surface area contributed by atoms with Crippen molar-refractivity contribution in [3.63, 3.8) is 0 Å². The van der Waals surface area contributed by atoms with E-state index in [1.54, 1.807) is 0 Å². The maximum absolute atomic E-state index is 13.1. The van der Waals surface area contributed by atoms with Gasteiger partial charge in [-0.1, -0.05) is 13.8 Å². The lowest BCUT2D eigenvalue weighted by molar-refractivity contribution is -0.151. The van der Waals surface area contributed by atoms with Gasteiger partial charge in [-0.05, 0) is 43.4 Å². The molecular weight excluding hydrogens is 167 g/mol. The number of rotatable bonds is 1. The minimum atomic E-state index is -1.09. The molecule has 0 heterocycles. The molecule has 2 bridgehead atoms. The molecule has 0 saturated heterocycles. The Kier molecular flexibility index (Phi) is 1.65. The van der Waals surface area contributed by atoms with E-state index >= 15 is 0 Å². The number of halogens is 1. The lowest BCUT2D eigenvalue weighted by Crippen LogP contribution is -2.45. The van der Waals surface area contributed by atoms with E-state index in [1.807, 2.05) is 20.8 Å². The molecule has 74 valence electrons. The predicted octanol–water partition coefficient (Wildman–Crippen LogP) is 2.94. The van der Waals surface area contributed by atoms with Gasteiger partial charge >= 0.3 is 6.04 Å². The molecular formula is C11H17FO. The first kappa shape index (κ1) is 9.17. The maximum Gasteiger partial charge on any atom is 0.308 e. The summed E-state index contributed by atoms with van der Waals surface area (Å²) in [6, 6.07) is -1.09. The Labute approximate surface area is 78.7 Å². The standard InChI is InChI=1S/C11H17FO/c1-10(2)7-4-5-8(6-7)11(10,3)9(12)13/h7-8H,4-6H2,1-3H3. The van der Waals surface area contributed by atoms with Crippen LogP contribution in [0.5, 0.6) is 0 Å². The van der Waals surface area contributed by atoms with Crippen molar-refractivity contribution in [2.24, 2.45) is 22.7 Å². The maximum atomic E-state index is 13.1. The third kappa shape index (κ3) is 0.844. The number of carbonyl (C=O) groups is 1. The van der Waals surface area contributed by atoms with Crippen LogP contribution in [0.25, 0.3) is 0 Å². The molecule has 0 amide bonds. The van der Waals surface area contributed by atoms with E-state index < -0.39 is 11.5 Å². The number of fused-ring (bicyclic) bond motifs is 2. The highest BCUT2D eigenvalue weighted by Crippen LogP contribution is 2.66. The van der Waals surface area contributed by atoms with Crippen molar-refractivity contribution in [2.45, 2.75) is 40.0 Å². The van der Waals surface area contributed by atoms with Crippen molar-refractivity contribution in [1.82, 2.24) is 0 Å². The first-order chi connectivity index (χ1) is 5.90. The van der Waals surface area contributed by atoms with E-state index in [0.29, 0.717) is 11.8 Å². The quantitative estimate of drug-likeness (QED) is 0.573. The Morgan fingerprint density at radius 3 is 2.08 bits per heavy atom. The van der Waals surface area contributed by atoms with Gasteiger partial charge < -0.3 is 0 Å². The highest BCUT2D eigenvalue weighted by atomic mass is 19.1. The summed E-state index contributed by atoms with van der Waals surface area (Å²) in [6.07, 6.45) is 3.28. The average Bonchev–Trinajstić information content (AvgIpc) is 2.54. The second kappa shape index (κ2) is 2.34. The van der Waals surface area contributed by atoms with Crippen molar-refractivity contribution in [3.8, 4) is 0 Å². The fourth-order valence-corrected chi connectivity index (χ4v) is 3.53. The van der Waals surface area contributed by atoms with E-state index in [4.69, 9.17) is 0 Å². The normalized spacial score (nSPS) is 46.8. The topological polar surface area (TPSA) is 17.1 Å². The Hall–Kier alpha value is -0.400. The zero-order valence-corrected chi connectivity index (χ0v) is 8.56. The summed E-state index contributed by atoms with van der Waals surface area (Å²) in [5, 5.41) is 0. The van der Waals surface area contributed by atoms with Gasteiger partial charge in [0.05, 0.1) is 5.41 Å². The number of carbonyl (C=O) groups excluding carboxylic acids is 1. The summed E-state index contributed by atoms with van der Waals surface area (Å²) in [6.45, 7) is 5.92. The largest absolute Gasteiger partial charge is 0.308 e. The van der Waals surface area contributed by atoms with Gasteiger partial charge in [-0.3, -0.25) is 4.79 Å². The van der Waals surface area contributed by atoms with Crippen LogP contribution in [0.4, 0.5) is 4.39 Å². The molecule has 0 radical (unpaired) electrons. The van der Waals surface area contributed by atoms with Crippen LogP contribution in [0.15, 0.2) is 0 Å². The van der Waals surface area contributed by atoms with Gasteiger partial charge in [0, 0.05) is 0 Å². The molecule has 1 nitrogen and oxygen atoms in total. The predicted molar refractivity (Wildman–Crippen MR) is 48.8 cm³/mol. The third-order valence-corrected chi connectivity index (χ3v) is 5.02. The average molecular weight is 184 g/mol. The van der Waals surface area contributed by atoms with E-state index in [-0.39, 0.29) is 5.41 Å². The summed E-state index contributed by atoms with van der Waals surface area (Å²) in [5.74, 6) is 0.854. The van der Waals surface area contributed by atoms with E-state index in [2.05, 4.69) is 0 Å². The molecule has 13 heavy (non-hydrogen) atoms. The molecule has 0 aromatic carbocycles. The van der Waals surface area contributed by atoms with E-state index in [0.717, 1.165) is 12.8 Å². The molecule has 2 aliphatic carbocycles. The van der Waals surface area contributed by atoms with Crippen molar-refractivity contribution in [1.29, 1.82) is 0 Å². The zero-order valence-electron chi connectivity index (χ0n) is 8.56. The summed E-state index contributed by atoms with van der Waals surface area (Å²) < 4.78 is 13.1.